The highest BCUT2D eigenvalue weighted by Gasteiger charge is 2.30. The second-order valence-electron chi connectivity index (χ2n) is 9.07. The van der Waals surface area contributed by atoms with Gasteiger partial charge in [0, 0.05) is 11.3 Å². The topological polar surface area (TPSA) is 64.1 Å². The van der Waals surface area contributed by atoms with E-state index in [9.17, 15) is 9.59 Å². The Balaban J connectivity index is 2.08. The van der Waals surface area contributed by atoms with Gasteiger partial charge in [0.1, 0.15) is 5.60 Å². The highest BCUT2D eigenvalue weighted by molar-refractivity contribution is 6.27. The fourth-order valence-corrected chi connectivity index (χ4v) is 3.92. The summed E-state index contributed by atoms with van der Waals surface area (Å²) in [4.78, 5) is 27.5. The average molecular weight is 453 g/mol. The molecule has 0 unspecified atom stereocenters. The quantitative estimate of drug-likeness (QED) is 0.309. The van der Waals surface area contributed by atoms with Gasteiger partial charge in [-0.3, -0.25) is 9.89 Å². The van der Waals surface area contributed by atoms with Crippen LogP contribution in [0.5, 0.6) is 0 Å². The van der Waals surface area contributed by atoms with Gasteiger partial charge in [-0.2, -0.15) is 0 Å². The molecule has 172 valence electrons. The lowest BCUT2D eigenvalue weighted by Crippen LogP contribution is -2.27. The fraction of sp³-hybridized carbons (Fsp3) is 0.172. The third-order valence-corrected chi connectivity index (χ3v) is 5.31. The number of rotatable bonds is 5. The highest BCUT2D eigenvalue weighted by atomic mass is 16.6. The molecule has 0 spiro atoms. The number of nitrogens with one attached hydrogen (secondary N) is 1. The van der Waals surface area contributed by atoms with Gasteiger partial charge in [-0.25, -0.2) is 9.48 Å². The van der Waals surface area contributed by atoms with Crippen LogP contribution in [0.2, 0.25) is 0 Å². The van der Waals surface area contributed by atoms with E-state index < -0.39 is 11.6 Å². The van der Waals surface area contributed by atoms with Crippen molar-refractivity contribution >= 4 is 17.1 Å². The number of nitrogens with zero attached hydrogens (tertiary/aromatic N) is 1. The monoisotopic (exact) mass is 452 g/mol. The summed E-state index contributed by atoms with van der Waals surface area (Å²) in [6.45, 7) is 7.26. The lowest BCUT2D eigenvalue weighted by Gasteiger charge is -2.22. The Morgan fingerprint density at radius 1 is 0.794 bits per heavy atom. The summed E-state index contributed by atoms with van der Waals surface area (Å²) in [7, 11) is 0. The minimum atomic E-state index is -0.733. The number of benzene rings is 3. The molecule has 0 saturated heterocycles. The molecule has 0 aliphatic rings. The van der Waals surface area contributed by atoms with Crippen molar-refractivity contribution in [2.75, 3.05) is 0 Å². The molecule has 5 heteroatoms. The molecule has 0 bridgehead atoms. The molecule has 0 atom stereocenters. The molecule has 4 aromatic rings. The molecule has 1 aromatic heterocycles. The highest BCUT2D eigenvalue weighted by Crippen LogP contribution is 2.34. The second-order valence-corrected chi connectivity index (χ2v) is 9.07. The number of para-hydroxylation sites is 1. The maximum atomic E-state index is 13.8. The van der Waals surface area contributed by atoms with Crippen LogP contribution in [0.15, 0.2) is 95.8 Å². The zero-order valence-electron chi connectivity index (χ0n) is 19.8. The van der Waals surface area contributed by atoms with Crippen LogP contribution >= 0.6 is 0 Å². The summed E-state index contributed by atoms with van der Waals surface area (Å²) >= 11 is 0. The average Bonchev–Trinajstić information content (AvgIpc) is 3.11. The van der Waals surface area contributed by atoms with Gasteiger partial charge < -0.3 is 4.74 Å². The van der Waals surface area contributed by atoms with E-state index in [1.54, 1.807) is 6.92 Å². The molecular weight excluding hydrogens is 424 g/mol. The first kappa shape index (κ1) is 23.1. The lowest BCUT2D eigenvalue weighted by molar-refractivity contribution is -0.147. The normalized spacial score (nSPS) is 11.2. The standard InChI is InChI=1S/C29H28N2O3/c1-20-24(27(32)31(30-20)23-18-12-7-13-19-23)26(28(33)34-29(2,3)4)25(21-14-8-5-9-15-21)22-16-10-6-11-17-22/h5-19,30H,1-4H3. The van der Waals surface area contributed by atoms with Gasteiger partial charge in [-0.1, -0.05) is 78.9 Å². The first-order valence-electron chi connectivity index (χ1n) is 11.2. The summed E-state index contributed by atoms with van der Waals surface area (Å²) in [6, 6.07) is 28.5. The van der Waals surface area contributed by atoms with E-state index in [2.05, 4.69) is 5.10 Å². The first-order chi connectivity index (χ1) is 16.3. The molecular formula is C29H28N2O3. The summed E-state index contributed by atoms with van der Waals surface area (Å²) in [5.74, 6) is -0.547. The number of hydrogen-bond donors (Lipinski definition) is 1. The van der Waals surface area contributed by atoms with Crippen molar-refractivity contribution in [2.24, 2.45) is 0 Å². The van der Waals surface area contributed by atoms with Crippen molar-refractivity contribution in [3.63, 3.8) is 0 Å². The van der Waals surface area contributed by atoms with Crippen molar-refractivity contribution in [1.29, 1.82) is 0 Å². The van der Waals surface area contributed by atoms with E-state index in [-0.39, 0.29) is 11.1 Å². The summed E-state index contributed by atoms with van der Waals surface area (Å²) in [5.41, 5.74) is 3.04. The number of H-pyrrole nitrogens is 1. The number of carbonyl (C=O) groups excluding carboxylic acids is 1. The Morgan fingerprint density at radius 3 is 1.74 bits per heavy atom. The van der Waals surface area contributed by atoms with Gasteiger partial charge in [-0.15, -0.1) is 0 Å². The molecule has 5 nitrogen and oxygen atoms in total. The lowest BCUT2D eigenvalue weighted by atomic mass is 9.89. The summed E-state index contributed by atoms with van der Waals surface area (Å²) in [6.07, 6.45) is 0. The Labute approximate surface area is 199 Å². The van der Waals surface area contributed by atoms with E-state index in [0.717, 1.165) is 11.1 Å². The Hall–Kier alpha value is -4.12. The third kappa shape index (κ3) is 4.79. The van der Waals surface area contributed by atoms with Gasteiger partial charge in [0.2, 0.25) is 0 Å². The minimum Gasteiger partial charge on any atom is -0.456 e. The molecule has 1 heterocycles. The molecule has 1 N–H and O–H groups in total. The predicted molar refractivity (Wildman–Crippen MR) is 136 cm³/mol. The number of aryl methyl sites for hydroxylation is 1. The van der Waals surface area contributed by atoms with Crippen molar-refractivity contribution in [3.8, 4) is 5.69 Å². The molecule has 0 radical (unpaired) electrons. The number of carbonyl (C=O) groups is 1. The van der Waals surface area contributed by atoms with E-state index >= 15 is 0 Å². The van der Waals surface area contributed by atoms with Crippen LogP contribution < -0.4 is 5.56 Å². The largest absolute Gasteiger partial charge is 0.456 e. The second kappa shape index (κ2) is 9.40. The molecule has 0 fully saturated rings. The first-order valence-corrected chi connectivity index (χ1v) is 11.2. The maximum Gasteiger partial charge on any atom is 0.340 e. The van der Waals surface area contributed by atoms with Gasteiger partial charge in [0.25, 0.3) is 5.56 Å². The fourth-order valence-electron chi connectivity index (χ4n) is 3.92. The van der Waals surface area contributed by atoms with Gasteiger partial charge in [0.15, 0.2) is 0 Å². The summed E-state index contributed by atoms with van der Waals surface area (Å²) in [5, 5.41) is 3.15. The smallest absolute Gasteiger partial charge is 0.340 e. The summed E-state index contributed by atoms with van der Waals surface area (Å²) < 4.78 is 7.31. The van der Waals surface area contributed by atoms with Crippen molar-refractivity contribution in [3.05, 3.63) is 124 Å². The van der Waals surface area contributed by atoms with E-state index in [0.29, 0.717) is 22.5 Å². The molecule has 3 aromatic carbocycles. The van der Waals surface area contributed by atoms with Gasteiger partial charge in [-0.05, 0) is 51.0 Å². The minimum absolute atomic E-state index is 0.237. The molecule has 0 saturated carbocycles. The molecule has 4 rings (SSSR count). The molecule has 0 aliphatic carbocycles. The predicted octanol–water partition coefficient (Wildman–Crippen LogP) is 5.77. The van der Waals surface area contributed by atoms with Gasteiger partial charge >= 0.3 is 5.97 Å². The van der Waals surface area contributed by atoms with Crippen molar-refractivity contribution in [1.82, 2.24) is 9.78 Å². The third-order valence-electron chi connectivity index (χ3n) is 5.31. The number of esters is 1. The Kier molecular flexibility index (Phi) is 6.37. The van der Waals surface area contributed by atoms with Crippen LogP contribution in [0.1, 0.15) is 43.2 Å². The van der Waals surface area contributed by atoms with Crippen LogP contribution in [0.25, 0.3) is 16.8 Å². The SMILES string of the molecule is Cc1[nH]n(-c2ccccc2)c(=O)c1C(C(=O)OC(C)(C)C)=C(c1ccccc1)c1ccccc1. The van der Waals surface area contributed by atoms with Crippen LogP contribution in [0.3, 0.4) is 0 Å². The zero-order valence-corrected chi connectivity index (χ0v) is 19.8. The Bertz CT molecular complexity index is 1330. The molecule has 34 heavy (non-hydrogen) atoms. The van der Waals surface area contributed by atoms with Crippen LogP contribution in [0, 0.1) is 6.92 Å². The number of ether oxygens (including phenoxy) is 1. The van der Waals surface area contributed by atoms with Crippen LogP contribution in [-0.2, 0) is 9.53 Å². The van der Waals surface area contributed by atoms with Gasteiger partial charge in [0.05, 0.1) is 16.8 Å². The van der Waals surface area contributed by atoms with Crippen molar-refractivity contribution in [2.45, 2.75) is 33.3 Å². The van der Waals surface area contributed by atoms with Crippen LogP contribution in [-0.4, -0.2) is 21.4 Å². The number of hydrogen-bond acceptors (Lipinski definition) is 3. The van der Waals surface area contributed by atoms with E-state index in [1.165, 1.54) is 4.68 Å². The zero-order chi connectivity index (χ0) is 24.3. The van der Waals surface area contributed by atoms with Crippen LogP contribution in [0.4, 0.5) is 0 Å². The molecule has 0 amide bonds. The number of aromatic amines is 1. The van der Waals surface area contributed by atoms with E-state index in [1.807, 2.05) is 112 Å². The van der Waals surface area contributed by atoms with E-state index in [4.69, 9.17) is 4.74 Å². The maximum absolute atomic E-state index is 13.8. The Morgan fingerprint density at radius 2 is 1.26 bits per heavy atom. The number of aromatic nitrogens is 2. The molecule has 0 aliphatic heterocycles. The van der Waals surface area contributed by atoms with Crippen molar-refractivity contribution < 1.29 is 9.53 Å².